The molecule has 4 N–H and O–H groups in total. The predicted molar refractivity (Wildman–Crippen MR) is 72.3 cm³/mol. The number of unbranched alkanes of at least 4 members (excludes halogenated alkanes) is 1. The van der Waals surface area contributed by atoms with Gasteiger partial charge in [-0.05, 0) is 44.9 Å². The van der Waals surface area contributed by atoms with E-state index in [4.69, 9.17) is 5.73 Å². The average molecular weight is 250 g/mol. The Balaban J connectivity index is 2.36. The van der Waals surface area contributed by atoms with Crippen LogP contribution in [0.4, 0.5) is 0 Å². The van der Waals surface area contributed by atoms with Gasteiger partial charge in [0.15, 0.2) is 0 Å². The van der Waals surface area contributed by atoms with E-state index in [0.717, 1.165) is 30.5 Å². The van der Waals surface area contributed by atoms with E-state index in [0.29, 0.717) is 12.2 Å². The highest BCUT2D eigenvalue weighted by Gasteiger charge is 2.09. The number of amides is 1. The molecule has 0 fully saturated rings. The van der Waals surface area contributed by atoms with Gasteiger partial charge in [0.1, 0.15) is 5.75 Å². The Hall–Kier alpha value is -1.55. The number of nitrogens with one attached hydrogen (secondary N) is 1. The SMILES string of the molecule is Cc1ccc(C(C)NCCCCC(N)=O)c(O)c1. The molecule has 0 aliphatic rings. The molecule has 0 saturated heterocycles. The molecular weight excluding hydrogens is 228 g/mol. The average Bonchev–Trinajstić information content (AvgIpc) is 2.27. The van der Waals surface area contributed by atoms with Crippen molar-refractivity contribution in [2.24, 2.45) is 5.73 Å². The minimum atomic E-state index is -0.251. The largest absolute Gasteiger partial charge is 0.508 e. The summed E-state index contributed by atoms with van der Waals surface area (Å²) >= 11 is 0. The van der Waals surface area contributed by atoms with Gasteiger partial charge in [-0.2, -0.15) is 0 Å². The molecule has 1 atom stereocenters. The summed E-state index contributed by atoms with van der Waals surface area (Å²) in [5.74, 6) is 0.0753. The maximum Gasteiger partial charge on any atom is 0.217 e. The number of primary amides is 1. The van der Waals surface area contributed by atoms with Crippen molar-refractivity contribution in [1.82, 2.24) is 5.32 Å². The molecule has 0 aliphatic heterocycles. The van der Waals surface area contributed by atoms with Gasteiger partial charge in [0, 0.05) is 18.0 Å². The highest BCUT2D eigenvalue weighted by Crippen LogP contribution is 2.24. The van der Waals surface area contributed by atoms with Crippen molar-refractivity contribution in [2.75, 3.05) is 6.54 Å². The van der Waals surface area contributed by atoms with E-state index in [1.54, 1.807) is 6.07 Å². The molecule has 0 spiro atoms. The number of hydrogen-bond donors (Lipinski definition) is 3. The fourth-order valence-corrected chi connectivity index (χ4v) is 1.87. The summed E-state index contributed by atoms with van der Waals surface area (Å²) < 4.78 is 0. The number of rotatable bonds is 7. The van der Waals surface area contributed by atoms with Gasteiger partial charge in [-0.25, -0.2) is 0 Å². The first-order valence-electron chi connectivity index (χ1n) is 6.32. The molecule has 100 valence electrons. The van der Waals surface area contributed by atoms with Crippen molar-refractivity contribution in [3.05, 3.63) is 29.3 Å². The van der Waals surface area contributed by atoms with Crippen LogP contribution in [0.1, 0.15) is 43.4 Å². The zero-order chi connectivity index (χ0) is 13.5. The van der Waals surface area contributed by atoms with Crippen LogP contribution in [0.25, 0.3) is 0 Å². The fraction of sp³-hybridized carbons (Fsp3) is 0.500. The van der Waals surface area contributed by atoms with Crippen molar-refractivity contribution in [3.8, 4) is 5.75 Å². The van der Waals surface area contributed by atoms with E-state index >= 15 is 0 Å². The number of phenolic OH excluding ortho intramolecular Hbond substituents is 1. The van der Waals surface area contributed by atoms with Crippen LogP contribution in [0.15, 0.2) is 18.2 Å². The van der Waals surface area contributed by atoms with Crippen molar-refractivity contribution in [3.63, 3.8) is 0 Å². The summed E-state index contributed by atoms with van der Waals surface area (Å²) in [4.78, 5) is 10.6. The number of hydrogen-bond acceptors (Lipinski definition) is 3. The highest BCUT2D eigenvalue weighted by atomic mass is 16.3. The number of benzene rings is 1. The third-order valence-corrected chi connectivity index (χ3v) is 2.95. The van der Waals surface area contributed by atoms with Gasteiger partial charge < -0.3 is 16.2 Å². The predicted octanol–water partition coefficient (Wildman–Crippen LogP) is 2.01. The van der Waals surface area contributed by atoms with Gasteiger partial charge in [-0.15, -0.1) is 0 Å². The second kappa shape index (κ2) is 7.01. The zero-order valence-corrected chi connectivity index (χ0v) is 11.1. The van der Waals surface area contributed by atoms with Crippen LogP contribution >= 0.6 is 0 Å². The number of nitrogens with two attached hydrogens (primary N) is 1. The van der Waals surface area contributed by atoms with E-state index in [1.807, 2.05) is 26.0 Å². The molecule has 4 nitrogen and oxygen atoms in total. The third kappa shape index (κ3) is 4.75. The second-order valence-corrected chi connectivity index (χ2v) is 4.66. The van der Waals surface area contributed by atoms with Crippen molar-refractivity contribution < 1.29 is 9.90 Å². The first-order valence-corrected chi connectivity index (χ1v) is 6.32. The van der Waals surface area contributed by atoms with Gasteiger partial charge >= 0.3 is 0 Å². The van der Waals surface area contributed by atoms with E-state index < -0.39 is 0 Å². The number of carbonyl (C=O) groups is 1. The van der Waals surface area contributed by atoms with Crippen LogP contribution in [-0.2, 0) is 4.79 Å². The number of phenols is 1. The number of aromatic hydroxyl groups is 1. The highest BCUT2D eigenvalue weighted by molar-refractivity contribution is 5.73. The molecular formula is C14H22N2O2. The van der Waals surface area contributed by atoms with Gasteiger partial charge in [-0.1, -0.05) is 12.1 Å². The molecule has 18 heavy (non-hydrogen) atoms. The molecule has 0 aromatic heterocycles. The van der Waals surface area contributed by atoms with E-state index in [1.165, 1.54) is 0 Å². The van der Waals surface area contributed by atoms with Gasteiger partial charge in [-0.3, -0.25) is 4.79 Å². The first-order chi connectivity index (χ1) is 8.50. The van der Waals surface area contributed by atoms with Crippen molar-refractivity contribution in [1.29, 1.82) is 0 Å². The summed E-state index contributed by atoms with van der Waals surface area (Å²) in [5, 5.41) is 13.2. The molecule has 1 aromatic rings. The molecule has 0 aliphatic carbocycles. The van der Waals surface area contributed by atoms with Crippen LogP contribution in [-0.4, -0.2) is 17.6 Å². The Labute approximate surface area is 108 Å². The Kier molecular flexibility index (Phi) is 5.65. The Morgan fingerprint density at radius 1 is 1.44 bits per heavy atom. The monoisotopic (exact) mass is 250 g/mol. The Morgan fingerprint density at radius 2 is 2.17 bits per heavy atom. The maximum atomic E-state index is 10.6. The zero-order valence-electron chi connectivity index (χ0n) is 11.1. The Morgan fingerprint density at radius 3 is 2.78 bits per heavy atom. The summed E-state index contributed by atoms with van der Waals surface area (Å²) in [6.07, 6.45) is 2.14. The van der Waals surface area contributed by atoms with E-state index in [-0.39, 0.29) is 11.9 Å². The molecule has 4 heteroatoms. The third-order valence-electron chi connectivity index (χ3n) is 2.95. The Bertz CT molecular complexity index is 405. The summed E-state index contributed by atoms with van der Waals surface area (Å²) in [7, 11) is 0. The fourth-order valence-electron chi connectivity index (χ4n) is 1.87. The summed E-state index contributed by atoms with van der Waals surface area (Å²) in [6, 6.07) is 5.78. The van der Waals surface area contributed by atoms with Crippen molar-refractivity contribution in [2.45, 2.75) is 39.2 Å². The summed E-state index contributed by atoms with van der Waals surface area (Å²) in [6.45, 7) is 4.77. The topological polar surface area (TPSA) is 75.3 Å². The second-order valence-electron chi connectivity index (χ2n) is 4.66. The lowest BCUT2D eigenvalue weighted by molar-refractivity contribution is -0.118. The standard InChI is InChI=1S/C14H22N2O2/c1-10-6-7-12(13(17)9-10)11(2)16-8-4-3-5-14(15)18/h6-7,9,11,16-17H,3-5,8H2,1-2H3,(H2,15,18). The smallest absolute Gasteiger partial charge is 0.217 e. The molecule has 1 rings (SSSR count). The van der Waals surface area contributed by atoms with Crippen molar-refractivity contribution >= 4 is 5.91 Å². The van der Waals surface area contributed by atoms with Crippen LogP contribution in [0.3, 0.4) is 0 Å². The van der Waals surface area contributed by atoms with Gasteiger partial charge in [0.05, 0.1) is 0 Å². The van der Waals surface area contributed by atoms with Crippen LogP contribution in [0.5, 0.6) is 5.75 Å². The molecule has 0 bridgehead atoms. The van der Waals surface area contributed by atoms with E-state index in [2.05, 4.69) is 5.32 Å². The normalized spacial score (nSPS) is 12.3. The first kappa shape index (κ1) is 14.5. The molecule has 0 saturated carbocycles. The molecule has 0 radical (unpaired) electrons. The van der Waals surface area contributed by atoms with Gasteiger partial charge in [0.2, 0.25) is 5.91 Å². The lowest BCUT2D eigenvalue weighted by Gasteiger charge is -2.15. The summed E-state index contributed by atoms with van der Waals surface area (Å²) in [5.41, 5.74) is 7.01. The molecule has 0 heterocycles. The van der Waals surface area contributed by atoms with Gasteiger partial charge in [0.25, 0.3) is 0 Å². The maximum absolute atomic E-state index is 10.6. The quantitative estimate of drug-likeness (QED) is 0.648. The lowest BCUT2D eigenvalue weighted by Crippen LogP contribution is -2.20. The molecule has 1 amide bonds. The molecule has 1 unspecified atom stereocenters. The van der Waals surface area contributed by atoms with E-state index in [9.17, 15) is 9.90 Å². The minimum absolute atomic E-state index is 0.0965. The minimum Gasteiger partial charge on any atom is -0.508 e. The van der Waals surface area contributed by atoms with Crippen LogP contribution < -0.4 is 11.1 Å². The number of aryl methyl sites for hydroxylation is 1. The molecule has 1 aromatic carbocycles. The lowest BCUT2D eigenvalue weighted by atomic mass is 10.0. The van der Waals surface area contributed by atoms with Crippen LogP contribution in [0, 0.1) is 6.92 Å². The number of carbonyl (C=O) groups excluding carboxylic acids is 1. The van der Waals surface area contributed by atoms with Crippen LogP contribution in [0.2, 0.25) is 0 Å².